The second-order valence-electron chi connectivity index (χ2n) is 7.08. The quantitative estimate of drug-likeness (QED) is 0.324. The molecule has 10 heteroatoms. The van der Waals surface area contributed by atoms with Gasteiger partial charge < -0.3 is 11.1 Å². The summed E-state index contributed by atoms with van der Waals surface area (Å²) in [6.45, 7) is 0. The minimum atomic E-state index is -0.0574. The van der Waals surface area contributed by atoms with E-state index >= 15 is 0 Å². The molecule has 0 aliphatic heterocycles. The minimum absolute atomic E-state index is 0.0410. The molecular weight excluding hydrogens is 467 g/mol. The van der Waals surface area contributed by atoms with E-state index in [4.69, 9.17) is 34.3 Å². The van der Waals surface area contributed by atoms with Gasteiger partial charge in [-0.2, -0.15) is 5.26 Å². The molecule has 4 rings (SSSR count). The fraction of sp³-hybridized carbons (Fsp3) is 0.136. The summed E-state index contributed by atoms with van der Waals surface area (Å²) in [4.78, 5) is 21.4. The topological polar surface area (TPSA) is 128 Å². The number of benzene rings is 1. The second kappa shape index (κ2) is 9.09. The van der Waals surface area contributed by atoms with Crippen LogP contribution in [0.25, 0.3) is 21.6 Å². The van der Waals surface area contributed by atoms with E-state index in [2.05, 4.69) is 21.4 Å². The lowest BCUT2D eigenvalue weighted by Crippen LogP contribution is -2.14. The zero-order chi connectivity index (χ0) is 22.8. The summed E-state index contributed by atoms with van der Waals surface area (Å²) in [5.41, 5.74) is 8.26. The van der Waals surface area contributed by atoms with Crippen molar-refractivity contribution in [2.45, 2.75) is 12.8 Å². The Kier molecular flexibility index (Phi) is 6.24. The first-order valence-electron chi connectivity index (χ1n) is 9.55. The number of amidine groups is 1. The van der Waals surface area contributed by atoms with Crippen molar-refractivity contribution in [3.8, 4) is 27.6 Å². The van der Waals surface area contributed by atoms with Crippen LogP contribution in [0.4, 0.5) is 5.82 Å². The highest BCUT2D eigenvalue weighted by Crippen LogP contribution is 2.44. The number of aromatic nitrogens is 1. The Morgan fingerprint density at radius 1 is 1.34 bits per heavy atom. The van der Waals surface area contributed by atoms with Gasteiger partial charge in [0.2, 0.25) is 5.91 Å². The third-order valence-corrected chi connectivity index (χ3v) is 6.69. The molecule has 1 amide bonds. The molecule has 160 valence electrons. The van der Waals surface area contributed by atoms with E-state index in [-0.39, 0.29) is 17.7 Å². The Labute approximate surface area is 198 Å². The number of nitriles is 1. The molecule has 2 aromatic heterocycles. The average Bonchev–Trinajstić information content (AvgIpc) is 3.55. The number of aliphatic imine (C=N–C) groups is 1. The molecule has 1 aliphatic carbocycles. The molecule has 0 saturated heterocycles. The van der Waals surface area contributed by atoms with Crippen LogP contribution >= 0.6 is 34.5 Å². The highest BCUT2D eigenvalue weighted by atomic mass is 35.5. The van der Waals surface area contributed by atoms with Crippen LogP contribution < -0.4 is 11.1 Å². The van der Waals surface area contributed by atoms with Gasteiger partial charge in [-0.05, 0) is 42.7 Å². The number of nitrogens with zero attached hydrogens (tertiary/aromatic N) is 3. The van der Waals surface area contributed by atoms with Gasteiger partial charge in [0, 0.05) is 33.3 Å². The molecule has 0 radical (unpaired) electrons. The van der Waals surface area contributed by atoms with E-state index in [9.17, 15) is 10.1 Å². The van der Waals surface area contributed by atoms with Gasteiger partial charge in [0.25, 0.3) is 0 Å². The largest absolute Gasteiger partial charge is 0.382 e. The number of nitrogens with two attached hydrogens (primary N) is 1. The van der Waals surface area contributed by atoms with Gasteiger partial charge in [0.05, 0.1) is 15.3 Å². The number of hydrogen-bond acceptors (Lipinski definition) is 5. The Bertz CT molecular complexity index is 1310. The smallest absolute Gasteiger partial charge is 0.228 e. The zero-order valence-corrected chi connectivity index (χ0v) is 18.9. The van der Waals surface area contributed by atoms with Crippen molar-refractivity contribution in [1.82, 2.24) is 4.98 Å². The number of amides is 1. The molecule has 7 nitrogen and oxygen atoms in total. The van der Waals surface area contributed by atoms with Gasteiger partial charge >= 0.3 is 0 Å². The first-order valence-corrected chi connectivity index (χ1v) is 11.1. The molecular formula is C22H16Cl2N6OS. The normalized spacial score (nSPS) is 13.5. The summed E-state index contributed by atoms with van der Waals surface area (Å²) in [6, 6.07) is 10.7. The van der Waals surface area contributed by atoms with Gasteiger partial charge in [0.1, 0.15) is 24.1 Å². The van der Waals surface area contributed by atoms with Crippen LogP contribution in [0.1, 0.15) is 23.3 Å². The molecule has 0 unspecified atom stereocenters. The van der Waals surface area contributed by atoms with E-state index in [0.717, 1.165) is 19.2 Å². The predicted octanol–water partition coefficient (Wildman–Crippen LogP) is 5.32. The van der Waals surface area contributed by atoms with Crippen molar-refractivity contribution in [2.75, 3.05) is 5.32 Å². The number of carbonyl (C=O) groups is 1. The summed E-state index contributed by atoms with van der Waals surface area (Å²) in [7, 11) is 0. The summed E-state index contributed by atoms with van der Waals surface area (Å²) < 4.78 is 0. The Balaban J connectivity index is 1.88. The van der Waals surface area contributed by atoms with Crippen molar-refractivity contribution in [1.29, 1.82) is 10.7 Å². The standard InChI is InChI=1S/C22H16Cl2N6OS/c23-13-3-4-14(16(24)8-13)18-15(9-25)19(32-20(18)21(27)29-10-26)12-5-6-28-17(7-12)30-22(31)11-1-2-11/h3-8,10-11H,1-2H2,(H3,26,27,29)(H,28,30,31). The molecule has 1 saturated carbocycles. The summed E-state index contributed by atoms with van der Waals surface area (Å²) in [5, 5.41) is 21.0. The first-order chi connectivity index (χ1) is 15.4. The van der Waals surface area contributed by atoms with Crippen LogP contribution in [0.5, 0.6) is 0 Å². The van der Waals surface area contributed by atoms with Crippen LogP contribution in [-0.4, -0.2) is 23.1 Å². The van der Waals surface area contributed by atoms with Crippen molar-refractivity contribution in [2.24, 2.45) is 16.6 Å². The maximum atomic E-state index is 12.1. The number of rotatable bonds is 6. The lowest BCUT2D eigenvalue weighted by molar-refractivity contribution is -0.117. The van der Waals surface area contributed by atoms with Crippen LogP contribution in [0, 0.1) is 22.7 Å². The fourth-order valence-corrected chi connectivity index (χ4v) is 4.89. The predicted molar refractivity (Wildman–Crippen MR) is 129 cm³/mol. The van der Waals surface area contributed by atoms with E-state index in [0.29, 0.717) is 47.9 Å². The number of hydrogen-bond donors (Lipinski definition) is 3. The molecule has 32 heavy (non-hydrogen) atoms. The number of anilines is 1. The number of halogens is 2. The molecule has 2 heterocycles. The molecule has 0 bridgehead atoms. The van der Waals surface area contributed by atoms with E-state index in [1.807, 2.05) is 0 Å². The molecule has 1 aromatic carbocycles. The fourth-order valence-electron chi connectivity index (χ4n) is 3.21. The molecule has 1 fully saturated rings. The molecule has 1 aliphatic rings. The SMILES string of the molecule is N#Cc1c(-c2ccnc(NC(=O)C3CC3)c2)sc(C(N)=NC=N)c1-c1ccc(Cl)cc1Cl. The number of thiophene rings is 1. The highest BCUT2D eigenvalue weighted by molar-refractivity contribution is 7.18. The van der Waals surface area contributed by atoms with E-state index < -0.39 is 0 Å². The Morgan fingerprint density at radius 3 is 2.78 bits per heavy atom. The molecule has 4 N–H and O–H groups in total. The van der Waals surface area contributed by atoms with Gasteiger partial charge in [-0.15, -0.1) is 11.3 Å². The van der Waals surface area contributed by atoms with Gasteiger partial charge in [0.15, 0.2) is 0 Å². The maximum Gasteiger partial charge on any atom is 0.228 e. The van der Waals surface area contributed by atoms with Crippen molar-refractivity contribution in [3.63, 3.8) is 0 Å². The lowest BCUT2D eigenvalue weighted by atomic mass is 9.98. The second-order valence-corrected chi connectivity index (χ2v) is 8.95. The van der Waals surface area contributed by atoms with Crippen molar-refractivity contribution < 1.29 is 4.79 Å². The number of carbonyl (C=O) groups excluding carboxylic acids is 1. The van der Waals surface area contributed by atoms with Crippen LogP contribution in [0.2, 0.25) is 10.0 Å². The van der Waals surface area contributed by atoms with Crippen molar-refractivity contribution >= 4 is 58.4 Å². The Morgan fingerprint density at radius 2 is 2.12 bits per heavy atom. The van der Waals surface area contributed by atoms with Crippen LogP contribution in [0.3, 0.4) is 0 Å². The maximum absolute atomic E-state index is 12.1. The van der Waals surface area contributed by atoms with Crippen LogP contribution in [-0.2, 0) is 4.79 Å². The Hall–Kier alpha value is -3.25. The third-order valence-electron chi connectivity index (χ3n) is 4.88. The summed E-state index contributed by atoms with van der Waals surface area (Å²) in [5.74, 6) is 0.479. The van der Waals surface area contributed by atoms with Gasteiger partial charge in [-0.3, -0.25) is 10.2 Å². The van der Waals surface area contributed by atoms with Crippen LogP contribution in [0.15, 0.2) is 41.5 Å². The monoisotopic (exact) mass is 482 g/mol. The van der Waals surface area contributed by atoms with Gasteiger partial charge in [-0.25, -0.2) is 9.98 Å². The van der Waals surface area contributed by atoms with E-state index in [1.54, 1.807) is 36.5 Å². The minimum Gasteiger partial charge on any atom is -0.382 e. The van der Waals surface area contributed by atoms with Crippen molar-refractivity contribution in [3.05, 3.63) is 57.0 Å². The number of pyridine rings is 1. The summed E-state index contributed by atoms with van der Waals surface area (Å²) >= 11 is 13.8. The zero-order valence-electron chi connectivity index (χ0n) is 16.5. The molecule has 0 spiro atoms. The van der Waals surface area contributed by atoms with E-state index in [1.165, 1.54) is 11.3 Å². The molecule has 3 aromatic rings. The first kappa shape index (κ1) is 22.0. The highest BCUT2D eigenvalue weighted by Gasteiger charge is 2.30. The molecule has 0 atom stereocenters. The average molecular weight is 483 g/mol. The summed E-state index contributed by atoms with van der Waals surface area (Å²) in [6.07, 6.45) is 4.18. The lowest BCUT2D eigenvalue weighted by Gasteiger charge is -2.08. The third kappa shape index (κ3) is 4.36. The van der Waals surface area contributed by atoms with Gasteiger partial charge in [-0.1, -0.05) is 29.3 Å². The number of nitrogens with one attached hydrogen (secondary N) is 2.